The Morgan fingerprint density at radius 3 is 2.84 bits per heavy atom. The number of hydrogen-bond acceptors (Lipinski definition) is 3. The molecule has 1 heterocycles. The predicted octanol–water partition coefficient (Wildman–Crippen LogP) is 3.17. The lowest BCUT2D eigenvalue weighted by Gasteiger charge is -2.43. The Bertz CT molecular complexity index is 448. The van der Waals surface area contributed by atoms with Gasteiger partial charge in [-0.3, -0.25) is 0 Å². The van der Waals surface area contributed by atoms with Gasteiger partial charge in [-0.1, -0.05) is 22.0 Å². The standard InChI is InChI=1S/C15H23BrN2O/c1-11-9-18(10-15(2,3)19-11)14-7-13(16)6-5-12(14)8-17-4/h5-7,11,17H,8-10H2,1-4H3. The minimum Gasteiger partial charge on any atom is -0.369 e. The summed E-state index contributed by atoms with van der Waals surface area (Å²) >= 11 is 3.58. The second kappa shape index (κ2) is 5.81. The van der Waals surface area contributed by atoms with Crippen molar-refractivity contribution in [2.24, 2.45) is 0 Å². The molecule has 0 spiro atoms. The summed E-state index contributed by atoms with van der Waals surface area (Å²) in [4.78, 5) is 2.44. The normalized spacial score (nSPS) is 22.6. The summed E-state index contributed by atoms with van der Waals surface area (Å²) in [7, 11) is 1.98. The largest absolute Gasteiger partial charge is 0.369 e. The van der Waals surface area contributed by atoms with Crippen LogP contribution in [0.5, 0.6) is 0 Å². The van der Waals surface area contributed by atoms with Gasteiger partial charge in [0.2, 0.25) is 0 Å². The number of benzene rings is 1. The lowest BCUT2D eigenvalue weighted by Crippen LogP contribution is -2.52. The fourth-order valence-electron chi connectivity index (χ4n) is 2.81. The van der Waals surface area contributed by atoms with E-state index >= 15 is 0 Å². The molecule has 1 unspecified atom stereocenters. The van der Waals surface area contributed by atoms with Crippen molar-refractivity contribution in [1.29, 1.82) is 0 Å². The van der Waals surface area contributed by atoms with Gasteiger partial charge in [-0.05, 0) is 45.5 Å². The Morgan fingerprint density at radius 1 is 1.47 bits per heavy atom. The predicted molar refractivity (Wildman–Crippen MR) is 83.7 cm³/mol. The summed E-state index contributed by atoms with van der Waals surface area (Å²) in [6.07, 6.45) is 0.255. The molecule has 1 aromatic rings. The summed E-state index contributed by atoms with van der Waals surface area (Å²) in [5, 5.41) is 3.24. The number of morpholine rings is 1. The van der Waals surface area contributed by atoms with Crippen LogP contribution in [0.1, 0.15) is 26.3 Å². The highest BCUT2D eigenvalue weighted by atomic mass is 79.9. The summed E-state index contributed by atoms with van der Waals surface area (Å²) in [6.45, 7) is 9.20. The second-order valence-corrected chi connectivity index (χ2v) is 6.79. The zero-order valence-electron chi connectivity index (χ0n) is 12.2. The van der Waals surface area contributed by atoms with Crippen LogP contribution in [-0.2, 0) is 11.3 Å². The van der Waals surface area contributed by atoms with E-state index in [0.717, 1.165) is 24.1 Å². The molecule has 1 aliphatic rings. The SMILES string of the molecule is CNCc1ccc(Br)cc1N1CC(C)OC(C)(C)C1. The van der Waals surface area contributed by atoms with Gasteiger partial charge in [-0.15, -0.1) is 0 Å². The number of anilines is 1. The molecule has 1 saturated heterocycles. The van der Waals surface area contributed by atoms with Gasteiger partial charge in [0.25, 0.3) is 0 Å². The molecule has 4 heteroatoms. The fourth-order valence-corrected chi connectivity index (χ4v) is 3.16. The molecule has 0 radical (unpaired) electrons. The van der Waals surface area contributed by atoms with Gasteiger partial charge in [0.1, 0.15) is 0 Å². The molecule has 1 aliphatic heterocycles. The first kappa shape index (κ1) is 14.8. The zero-order chi connectivity index (χ0) is 14.0. The number of halogens is 1. The Hall–Kier alpha value is -0.580. The van der Waals surface area contributed by atoms with Crippen molar-refractivity contribution in [3.05, 3.63) is 28.2 Å². The van der Waals surface area contributed by atoms with E-state index in [2.05, 4.69) is 65.1 Å². The molecule has 0 saturated carbocycles. The van der Waals surface area contributed by atoms with Gasteiger partial charge >= 0.3 is 0 Å². The second-order valence-electron chi connectivity index (χ2n) is 5.87. The topological polar surface area (TPSA) is 24.5 Å². The third-order valence-electron chi connectivity index (χ3n) is 3.32. The zero-order valence-corrected chi connectivity index (χ0v) is 13.8. The van der Waals surface area contributed by atoms with E-state index in [-0.39, 0.29) is 11.7 Å². The van der Waals surface area contributed by atoms with Crippen molar-refractivity contribution in [2.45, 2.75) is 39.0 Å². The van der Waals surface area contributed by atoms with E-state index in [0.29, 0.717) is 0 Å². The van der Waals surface area contributed by atoms with Crippen LogP contribution in [0.2, 0.25) is 0 Å². The Balaban J connectivity index is 2.31. The number of hydrogen-bond donors (Lipinski definition) is 1. The van der Waals surface area contributed by atoms with Crippen molar-refractivity contribution in [1.82, 2.24) is 5.32 Å². The van der Waals surface area contributed by atoms with E-state index in [1.54, 1.807) is 0 Å². The van der Waals surface area contributed by atoms with Crippen LogP contribution in [0, 0.1) is 0 Å². The number of rotatable bonds is 3. The summed E-state index contributed by atoms with van der Waals surface area (Å²) in [5.41, 5.74) is 2.53. The minimum absolute atomic E-state index is 0.100. The maximum atomic E-state index is 5.99. The van der Waals surface area contributed by atoms with Crippen molar-refractivity contribution in [3.8, 4) is 0 Å². The van der Waals surface area contributed by atoms with Crippen molar-refractivity contribution >= 4 is 21.6 Å². The highest BCUT2D eigenvalue weighted by molar-refractivity contribution is 9.10. The maximum Gasteiger partial charge on any atom is 0.0805 e. The van der Waals surface area contributed by atoms with Crippen LogP contribution in [0.25, 0.3) is 0 Å². The van der Waals surface area contributed by atoms with Crippen LogP contribution in [0.3, 0.4) is 0 Å². The minimum atomic E-state index is -0.100. The van der Waals surface area contributed by atoms with Gasteiger partial charge in [0.15, 0.2) is 0 Å². The first-order chi connectivity index (χ1) is 8.91. The first-order valence-corrected chi connectivity index (χ1v) is 7.56. The molecule has 1 atom stereocenters. The molecule has 3 nitrogen and oxygen atoms in total. The van der Waals surface area contributed by atoms with Crippen molar-refractivity contribution < 1.29 is 4.74 Å². The van der Waals surface area contributed by atoms with Gasteiger partial charge in [-0.25, -0.2) is 0 Å². The number of ether oxygens (including phenoxy) is 1. The van der Waals surface area contributed by atoms with Crippen LogP contribution in [0.15, 0.2) is 22.7 Å². The van der Waals surface area contributed by atoms with Gasteiger partial charge in [0.05, 0.1) is 11.7 Å². The fraction of sp³-hybridized carbons (Fsp3) is 0.600. The molecule has 0 aliphatic carbocycles. The van der Waals surface area contributed by atoms with Crippen LogP contribution in [-0.4, -0.2) is 31.8 Å². The van der Waals surface area contributed by atoms with E-state index < -0.39 is 0 Å². The summed E-state index contributed by atoms with van der Waals surface area (Å²) in [5.74, 6) is 0. The molecule has 1 fully saturated rings. The highest BCUT2D eigenvalue weighted by Crippen LogP contribution is 2.30. The van der Waals surface area contributed by atoms with E-state index in [1.807, 2.05) is 7.05 Å². The molecule has 0 amide bonds. The van der Waals surface area contributed by atoms with Gasteiger partial charge < -0.3 is 15.0 Å². The lowest BCUT2D eigenvalue weighted by atomic mass is 10.0. The van der Waals surface area contributed by atoms with Crippen LogP contribution in [0.4, 0.5) is 5.69 Å². The van der Waals surface area contributed by atoms with Crippen LogP contribution < -0.4 is 10.2 Å². The quantitative estimate of drug-likeness (QED) is 0.923. The Kier molecular flexibility index (Phi) is 4.54. The molecule has 0 bridgehead atoms. The molecule has 1 aromatic carbocycles. The van der Waals surface area contributed by atoms with E-state index in [4.69, 9.17) is 4.74 Å². The summed E-state index contributed by atoms with van der Waals surface area (Å²) in [6, 6.07) is 6.50. The molecule has 1 N–H and O–H groups in total. The maximum absolute atomic E-state index is 5.99. The first-order valence-electron chi connectivity index (χ1n) is 6.77. The van der Waals surface area contributed by atoms with Crippen LogP contribution >= 0.6 is 15.9 Å². The average Bonchev–Trinajstić information content (AvgIpc) is 2.29. The molecule has 0 aromatic heterocycles. The monoisotopic (exact) mass is 326 g/mol. The third-order valence-corrected chi connectivity index (χ3v) is 3.82. The molecule has 19 heavy (non-hydrogen) atoms. The van der Waals surface area contributed by atoms with E-state index in [1.165, 1.54) is 11.3 Å². The lowest BCUT2D eigenvalue weighted by molar-refractivity contribution is -0.0750. The Morgan fingerprint density at radius 2 is 2.21 bits per heavy atom. The average molecular weight is 327 g/mol. The van der Waals surface area contributed by atoms with Gasteiger partial charge in [0, 0.05) is 29.8 Å². The Labute approximate surface area is 124 Å². The van der Waals surface area contributed by atoms with Crippen molar-refractivity contribution in [3.63, 3.8) is 0 Å². The molecular weight excluding hydrogens is 304 g/mol. The summed E-state index contributed by atoms with van der Waals surface area (Å²) < 4.78 is 7.11. The smallest absolute Gasteiger partial charge is 0.0805 e. The number of nitrogens with zero attached hydrogens (tertiary/aromatic N) is 1. The van der Waals surface area contributed by atoms with Gasteiger partial charge in [-0.2, -0.15) is 0 Å². The van der Waals surface area contributed by atoms with E-state index in [9.17, 15) is 0 Å². The molecular formula is C15H23BrN2O. The highest BCUT2D eigenvalue weighted by Gasteiger charge is 2.32. The third kappa shape index (κ3) is 3.71. The number of nitrogens with one attached hydrogen (secondary N) is 1. The molecule has 106 valence electrons. The molecule has 2 rings (SSSR count). The van der Waals surface area contributed by atoms with Crippen molar-refractivity contribution in [2.75, 3.05) is 25.0 Å².